The number of aromatic carboxylic acids is 1. The van der Waals surface area contributed by atoms with Crippen LogP contribution in [0.3, 0.4) is 0 Å². The lowest BCUT2D eigenvalue weighted by Gasteiger charge is -2.05. The molecule has 6 heteroatoms. The third kappa shape index (κ3) is 6.73. The number of benzene rings is 2. The zero-order chi connectivity index (χ0) is 17.9. The second-order valence-electron chi connectivity index (χ2n) is 5.53. The highest BCUT2D eigenvalue weighted by Crippen LogP contribution is 2.21. The fourth-order valence-electron chi connectivity index (χ4n) is 2.15. The monoisotopic (exact) mass is 342 g/mol. The first-order valence-electron chi connectivity index (χ1n) is 8.28. The van der Waals surface area contributed by atoms with Crippen molar-refractivity contribution in [3.63, 3.8) is 0 Å². The van der Waals surface area contributed by atoms with Crippen LogP contribution in [0.1, 0.15) is 36.0 Å². The molecule has 0 saturated heterocycles. The molecule has 2 rings (SSSR count). The molecule has 0 fully saturated rings. The van der Waals surface area contributed by atoms with Gasteiger partial charge in [-0.1, -0.05) is 6.42 Å². The van der Waals surface area contributed by atoms with Gasteiger partial charge in [0.05, 0.1) is 23.5 Å². The van der Waals surface area contributed by atoms with Crippen LogP contribution in [0.5, 0.6) is 5.75 Å². The molecular formula is C19H22N2O4. The molecule has 0 aromatic heterocycles. The van der Waals surface area contributed by atoms with Gasteiger partial charge in [0, 0.05) is 6.61 Å². The van der Waals surface area contributed by atoms with Gasteiger partial charge in [0.15, 0.2) is 0 Å². The largest absolute Gasteiger partial charge is 0.494 e. The molecule has 2 N–H and O–H groups in total. The van der Waals surface area contributed by atoms with Crippen molar-refractivity contribution in [2.45, 2.75) is 25.7 Å². The van der Waals surface area contributed by atoms with Crippen molar-refractivity contribution in [2.24, 2.45) is 10.2 Å². The van der Waals surface area contributed by atoms with Gasteiger partial charge >= 0.3 is 5.97 Å². The normalized spacial score (nSPS) is 10.9. The van der Waals surface area contributed by atoms with Crippen LogP contribution < -0.4 is 4.74 Å². The minimum atomic E-state index is -0.965. The highest BCUT2D eigenvalue weighted by atomic mass is 16.5. The van der Waals surface area contributed by atoms with E-state index in [1.165, 1.54) is 12.1 Å². The van der Waals surface area contributed by atoms with Gasteiger partial charge in [0.2, 0.25) is 0 Å². The van der Waals surface area contributed by atoms with Gasteiger partial charge in [0.25, 0.3) is 0 Å². The molecule has 0 aliphatic carbocycles. The maximum atomic E-state index is 10.8. The van der Waals surface area contributed by atoms with Crippen molar-refractivity contribution >= 4 is 17.3 Å². The topological polar surface area (TPSA) is 91.5 Å². The summed E-state index contributed by atoms with van der Waals surface area (Å²) < 4.78 is 5.65. The summed E-state index contributed by atoms with van der Waals surface area (Å²) in [4.78, 5) is 10.8. The Balaban J connectivity index is 1.80. The summed E-state index contributed by atoms with van der Waals surface area (Å²) >= 11 is 0. The Hall–Kier alpha value is -2.73. The van der Waals surface area contributed by atoms with E-state index in [1.807, 2.05) is 24.3 Å². The van der Waals surface area contributed by atoms with Crippen LogP contribution in [0.25, 0.3) is 0 Å². The third-order valence-electron chi connectivity index (χ3n) is 3.55. The van der Waals surface area contributed by atoms with Gasteiger partial charge in [-0.15, -0.1) is 0 Å². The fourth-order valence-corrected chi connectivity index (χ4v) is 2.15. The highest BCUT2D eigenvalue weighted by Gasteiger charge is 2.01. The number of carboxylic acids is 1. The van der Waals surface area contributed by atoms with Crippen LogP contribution in [0.4, 0.5) is 11.4 Å². The predicted molar refractivity (Wildman–Crippen MR) is 95.1 cm³/mol. The number of ether oxygens (including phenoxy) is 1. The first-order chi connectivity index (χ1) is 12.2. The first kappa shape index (κ1) is 18.6. The van der Waals surface area contributed by atoms with Gasteiger partial charge in [-0.25, -0.2) is 4.79 Å². The van der Waals surface area contributed by atoms with Crippen molar-refractivity contribution in [1.82, 2.24) is 0 Å². The van der Waals surface area contributed by atoms with Crippen LogP contribution in [-0.4, -0.2) is 29.4 Å². The molecule has 0 unspecified atom stereocenters. The summed E-state index contributed by atoms with van der Waals surface area (Å²) in [7, 11) is 0. The Morgan fingerprint density at radius 1 is 0.840 bits per heavy atom. The van der Waals surface area contributed by atoms with E-state index < -0.39 is 5.97 Å². The fraction of sp³-hybridized carbons (Fsp3) is 0.316. The van der Waals surface area contributed by atoms with E-state index in [0.29, 0.717) is 18.0 Å². The van der Waals surface area contributed by atoms with E-state index in [9.17, 15) is 4.79 Å². The number of rotatable bonds is 10. The number of carboxylic acid groups (broad SMARTS) is 1. The molecular weight excluding hydrogens is 320 g/mol. The maximum Gasteiger partial charge on any atom is 0.335 e. The first-order valence-corrected chi connectivity index (χ1v) is 8.28. The lowest BCUT2D eigenvalue weighted by Crippen LogP contribution is -1.97. The van der Waals surface area contributed by atoms with E-state index >= 15 is 0 Å². The number of unbranched alkanes of at least 4 members (excludes halogenated alkanes) is 3. The maximum absolute atomic E-state index is 10.8. The minimum Gasteiger partial charge on any atom is -0.494 e. The molecule has 0 saturated carbocycles. The molecule has 6 nitrogen and oxygen atoms in total. The average Bonchev–Trinajstić information content (AvgIpc) is 2.64. The number of azo groups is 1. The van der Waals surface area contributed by atoms with E-state index in [4.69, 9.17) is 14.9 Å². The lowest BCUT2D eigenvalue weighted by atomic mass is 10.2. The smallest absolute Gasteiger partial charge is 0.335 e. The number of aliphatic hydroxyl groups excluding tert-OH is 1. The summed E-state index contributed by atoms with van der Waals surface area (Å²) in [5, 5.41) is 25.8. The Bertz CT molecular complexity index is 682. The van der Waals surface area contributed by atoms with Crippen molar-refractivity contribution in [3.8, 4) is 5.75 Å². The summed E-state index contributed by atoms with van der Waals surface area (Å²) in [5.41, 5.74) is 1.50. The second kappa shape index (κ2) is 10.2. The van der Waals surface area contributed by atoms with E-state index in [-0.39, 0.29) is 12.2 Å². The van der Waals surface area contributed by atoms with Gasteiger partial charge < -0.3 is 14.9 Å². The van der Waals surface area contributed by atoms with Crippen LogP contribution in [-0.2, 0) is 0 Å². The van der Waals surface area contributed by atoms with Crippen molar-refractivity contribution in [2.75, 3.05) is 13.2 Å². The van der Waals surface area contributed by atoms with E-state index in [1.54, 1.807) is 12.1 Å². The molecule has 0 aliphatic rings. The molecule has 0 amide bonds. The standard InChI is InChI=1S/C19H22N2O4/c22-13-3-1-2-4-14-25-18-11-9-17(10-12-18)21-20-16-7-5-15(6-8-16)19(23)24/h5-12,22H,1-4,13-14H2,(H,23,24). The SMILES string of the molecule is O=C(O)c1ccc(N=Nc2ccc(OCCCCCCO)cc2)cc1. The molecule has 0 atom stereocenters. The van der Waals surface area contributed by atoms with E-state index in [0.717, 1.165) is 31.4 Å². The van der Waals surface area contributed by atoms with E-state index in [2.05, 4.69) is 10.2 Å². The minimum absolute atomic E-state index is 0.219. The molecule has 25 heavy (non-hydrogen) atoms. The predicted octanol–water partition coefficient (Wildman–Crippen LogP) is 4.73. The molecule has 2 aromatic carbocycles. The Morgan fingerprint density at radius 3 is 1.96 bits per heavy atom. The average molecular weight is 342 g/mol. The highest BCUT2D eigenvalue weighted by molar-refractivity contribution is 5.87. The summed E-state index contributed by atoms with van der Waals surface area (Å²) in [6.45, 7) is 0.906. The van der Waals surface area contributed by atoms with Gasteiger partial charge in [0.1, 0.15) is 5.75 Å². The molecule has 132 valence electrons. The number of hydrogen-bond acceptors (Lipinski definition) is 5. The molecule has 0 bridgehead atoms. The van der Waals surface area contributed by atoms with Crippen LogP contribution in [0.15, 0.2) is 58.8 Å². The number of carbonyl (C=O) groups is 1. The van der Waals surface area contributed by atoms with Crippen LogP contribution in [0.2, 0.25) is 0 Å². The quantitative estimate of drug-likeness (QED) is 0.482. The molecule has 0 radical (unpaired) electrons. The molecule has 0 spiro atoms. The van der Waals surface area contributed by atoms with Gasteiger partial charge in [-0.2, -0.15) is 10.2 Å². The Kier molecular flexibility index (Phi) is 7.59. The molecule has 2 aromatic rings. The lowest BCUT2D eigenvalue weighted by molar-refractivity contribution is 0.0697. The van der Waals surface area contributed by atoms with Gasteiger partial charge in [-0.3, -0.25) is 0 Å². The van der Waals surface area contributed by atoms with Gasteiger partial charge in [-0.05, 0) is 67.8 Å². The summed E-state index contributed by atoms with van der Waals surface area (Å²) in [6, 6.07) is 13.5. The number of nitrogens with zero attached hydrogens (tertiary/aromatic N) is 2. The third-order valence-corrected chi connectivity index (χ3v) is 3.55. The van der Waals surface area contributed by atoms with Crippen molar-refractivity contribution < 1.29 is 19.7 Å². The zero-order valence-electron chi connectivity index (χ0n) is 14.0. The molecule has 0 aliphatic heterocycles. The summed E-state index contributed by atoms with van der Waals surface area (Å²) in [6.07, 6.45) is 3.88. The van der Waals surface area contributed by atoms with Crippen molar-refractivity contribution in [3.05, 3.63) is 54.1 Å². The Labute approximate surface area is 146 Å². The number of hydrogen-bond donors (Lipinski definition) is 2. The molecule has 0 heterocycles. The summed E-state index contributed by atoms with van der Waals surface area (Å²) in [5.74, 6) is -0.181. The van der Waals surface area contributed by atoms with Crippen LogP contribution in [0, 0.1) is 0 Å². The zero-order valence-corrected chi connectivity index (χ0v) is 14.0. The van der Waals surface area contributed by atoms with Crippen molar-refractivity contribution in [1.29, 1.82) is 0 Å². The number of aliphatic hydroxyl groups is 1. The Morgan fingerprint density at radius 2 is 1.40 bits per heavy atom. The van der Waals surface area contributed by atoms with Crippen LogP contribution >= 0.6 is 0 Å². The second-order valence-corrected chi connectivity index (χ2v) is 5.53.